The topological polar surface area (TPSA) is 55.4 Å². The van der Waals surface area contributed by atoms with Crippen molar-refractivity contribution in [2.75, 3.05) is 11.9 Å². The first-order valence-corrected chi connectivity index (χ1v) is 6.00. The van der Waals surface area contributed by atoms with E-state index >= 15 is 0 Å². The minimum Gasteiger partial charge on any atom is -0.465 e. The molecule has 0 bridgehead atoms. The minimum atomic E-state index is -1.24. The summed E-state index contributed by atoms with van der Waals surface area (Å²) < 4.78 is 4.86. The van der Waals surface area contributed by atoms with Gasteiger partial charge >= 0.3 is 5.97 Å². The summed E-state index contributed by atoms with van der Waals surface area (Å²) in [5, 5.41) is 3.15. The predicted molar refractivity (Wildman–Crippen MR) is 70.5 cm³/mol. The third kappa shape index (κ3) is 3.47. The molecule has 0 heterocycles. The summed E-state index contributed by atoms with van der Waals surface area (Å²) in [5.41, 5.74) is -0.692. The highest BCUT2D eigenvalue weighted by Crippen LogP contribution is 2.22. The number of hydrogen-bond acceptors (Lipinski definition) is 3. The van der Waals surface area contributed by atoms with Crippen LogP contribution in [0.15, 0.2) is 24.3 Å². The number of amides is 1. The Bertz CT molecular complexity index is 457. The summed E-state index contributed by atoms with van der Waals surface area (Å²) in [5.74, 6) is -0.979. The van der Waals surface area contributed by atoms with Gasteiger partial charge in [-0.3, -0.25) is 9.59 Å². The van der Waals surface area contributed by atoms with Gasteiger partial charge in [-0.25, -0.2) is 0 Å². The van der Waals surface area contributed by atoms with Crippen molar-refractivity contribution < 1.29 is 14.3 Å². The van der Waals surface area contributed by atoms with Crippen molar-refractivity contribution in [3.8, 4) is 0 Å². The summed E-state index contributed by atoms with van der Waals surface area (Å²) in [4.78, 5) is 23.7. The number of rotatable bonds is 4. The van der Waals surface area contributed by atoms with Gasteiger partial charge < -0.3 is 10.1 Å². The van der Waals surface area contributed by atoms with Crippen LogP contribution in [0.5, 0.6) is 0 Å². The van der Waals surface area contributed by atoms with Crippen molar-refractivity contribution in [3.05, 3.63) is 29.3 Å². The molecule has 0 aliphatic heterocycles. The fourth-order valence-corrected chi connectivity index (χ4v) is 1.45. The van der Waals surface area contributed by atoms with E-state index in [9.17, 15) is 9.59 Å². The summed E-state index contributed by atoms with van der Waals surface area (Å²) in [6.07, 6.45) is 0. The number of hydrogen-bond donors (Lipinski definition) is 1. The zero-order valence-electron chi connectivity index (χ0n) is 10.6. The van der Waals surface area contributed by atoms with Crippen LogP contribution in [0.1, 0.15) is 20.8 Å². The molecule has 1 rings (SSSR count). The molecule has 0 aromatic heterocycles. The van der Waals surface area contributed by atoms with Crippen LogP contribution in [-0.4, -0.2) is 18.5 Å². The van der Waals surface area contributed by atoms with Crippen molar-refractivity contribution in [3.63, 3.8) is 0 Å². The lowest BCUT2D eigenvalue weighted by Gasteiger charge is -2.21. The molecule has 0 aliphatic rings. The molecule has 0 spiro atoms. The monoisotopic (exact) mass is 269 g/mol. The predicted octanol–water partition coefficient (Wildman–Crippen LogP) is 2.87. The average Bonchev–Trinajstić information content (AvgIpc) is 2.29. The molecular formula is C13H16ClNO3. The molecule has 4 nitrogen and oxygen atoms in total. The van der Waals surface area contributed by atoms with Crippen LogP contribution < -0.4 is 5.32 Å². The van der Waals surface area contributed by atoms with E-state index in [2.05, 4.69) is 5.32 Å². The Labute approximate surface area is 111 Å². The third-order valence-electron chi connectivity index (χ3n) is 2.44. The maximum Gasteiger partial charge on any atom is 0.321 e. The number of carbonyl (C=O) groups excluding carboxylic acids is 2. The van der Waals surface area contributed by atoms with Gasteiger partial charge in [0.25, 0.3) is 0 Å². The first-order valence-electron chi connectivity index (χ1n) is 5.62. The lowest BCUT2D eigenvalue weighted by molar-refractivity contribution is -0.156. The normalized spacial score (nSPS) is 10.9. The number of carbonyl (C=O) groups is 2. The second kappa shape index (κ2) is 5.87. The van der Waals surface area contributed by atoms with Crippen molar-refractivity contribution in [1.29, 1.82) is 0 Å². The van der Waals surface area contributed by atoms with Gasteiger partial charge in [0.15, 0.2) is 0 Å². The van der Waals surface area contributed by atoms with Crippen molar-refractivity contribution in [1.82, 2.24) is 0 Å². The highest BCUT2D eigenvalue weighted by molar-refractivity contribution is 6.30. The van der Waals surface area contributed by atoms with E-state index in [0.717, 1.165) is 0 Å². The third-order valence-corrected chi connectivity index (χ3v) is 2.67. The Kier molecular flexibility index (Phi) is 4.73. The van der Waals surface area contributed by atoms with E-state index in [1.54, 1.807) is 31.2 Å². The molecular weight excluding hydrogens is 254 g/mol. The van der Waals surface area contributed by atoms with Gasteiger partial charge in [-0.2, -0.15) is 0 Å². The molecule has 1 amide bonds. The quantitative estimate of drug-likeness (QED) is 0.675. The second-order valence-corrected chi connectivity index (χ2v) is 4.75. The molecule has 0 saturated carbocycles. The van der Waals surface area contributed by atoms with Gasteiger partial charge in [0, 0.05) is 10.7 Å². The van der Waals surface area contributed by atoms with Crippen molar-refractivity contribution in [2.45, 2.75) is 20.8 Å². The molecule has 1 N–H and O–H groups in total. The molecule has 0 unspecified atom stereocenters. The molecule has 1 aromatic rings. The molecule has 0 fully saturated rings. The van der Waals surface area contributed by atoms with Crippen LogP contribution in [0.3, 0.4) is 0 Å². The average molecular weight is 270 g/mol. The SMILES string of the molecule is CCOC(=O)C(C)(C)C(=O)Nc1cccc(Cl)c1. The Morgan fingerprint density at radius 3 is 2.61 bits per heavy atom. The number of ether oxygens (including phenoxy) is 1. The van der Waals surface area contributed by atoms with Gasteiger partial charge in [-0.1, -0.05) is 17.7 Å². The van der Waals surface area contributed by atoms with Crippen molar-refractivity contribution >= 4 is 29.2 Å². The molecule has 0 atom stereocenters. The first-order chi connectivity index (χ1) is 8.37. The largest absolute Gasteiger partial charge is 0.465 e. The molecule has 0 radical (unpaired) electrons. The highest BCUT2D eigenvalue weighted by atomic mass is 35.5. The van der Waals surface area contributed by atoms with E-state index in [0.29, 0.717) is 10.7 Å². The van der Waals surface area contributed by atoms with Crippen LogP contribution in [0.4, 0.5) is 5.69 Å². The van der Waals surface area contributed by atoms with E-state index in [4.69, 9.17) is 16.3 Å². The summed E-state index contributed by atoms with van der Waals surface area (Å²) in [6, 6.07) is 6.73. The molecule has 98 valence electrons. The molecule has 5 heteroatoms. The Hall–Kier alpha value is -1.55. The van der Waals surface area contributed by atoms with Crippen LogP contribution in [0.2, 0.25) is 5.02 Å². The Balaban J connectivity index is 2.79. The number of anilines is 1. The highest BCUT2D eigenvalue weighted by Gasteiger charge is 2.37. The van der Waals surface area contributed by atoms with E-state index in [1.807, 2.05) is 0 Å². The summed E-state index contributed by atoms with van der Waals surface area (Å²) in [6.45, 7) is 4.98. The maximum absolute atomic E-state index is 12.0. The standard InChI is InChI=1S/C13H16ClNO3/c1-4-18-12(17)13(2,3)11(16)15-10-7-5-6-9(14)8-10/h5-8H,4H2,1-3H3,(H,15,16). The number of esters is 1. The first kappa shape index (κ1) is 14.5. The summed E-state index contributed by atoms with van der Waals surface area (Å²) in [7, 11) is 0. The lowest BCUT2D eigenvalue weighted by Crippen LogP contribution is -2.39. The molecule has 18 heavy (non-hydrogen) atoms. The van der Waals surface area contributed by atoms with Crippen molar-refractivity contribution in [2.24, 2.45) is 5.41 Å². The van der Waals surface area contributed by atoms with Crippen LogP contribution in [0, 0.1) is 5.41 Å². The van der Waals surface area contributed by atoms with Gasteiger partial charge in [0.2, 0.25) is 5.91 Å². The Morgan fingerprint density at radius 1 is 1.39 bits per heavy atom. The van der Waals surface area contributed by atoms with Crippen LogP contribution >= 0.6 is 11.6 Å². The van der Waals surface area contributed by atoms with Gasteiger partial charge in [-0.15, -0.1) is 0 Å². The van der Waals surface area contributed by atoms with E-state index in [1.165, 1.54) is 13.8 Å². The van der Waals surface area contributed by atoms with E-state index in [-0.39, 0.29) is 6.61 Å². The van der Waals surface area contributed by atoms with Gasteiger partial charge in [-0.05, 0) is 39.0 Å². The zero-order chi connectivity index (χ0) is 13.8. The minimum absolute atomic E-state index is 0.243. The smallest absolute Gasteiger partial charge is 0.321 e. The number of nitrogens with one attached hydrogen (secondary N) is 1. The second-order valence-electron chi connectivity index (χ2n) is 4.31. The fourth-order valence-electron chi connectivity index (χ4n) is 1.26. The zero-order valence-corrected chi connectivity index (χ0v) is 11.4. The van der Waals surface area contributed by atoms with Gasteiger partial charge in [0.05, 0.1) is 6.61 Å². The number of halogens is 1. The summed E-state index contributed by atoms with van der Waals surface area (Å²) >= 11 is 5.81. The van der Waals surface area contributed by atoms with E-state index < -0.39 is 17.3 Å². The fraction of sp³-hybridized carbons (Fsp3) is 0.385. The number of benzene rings is 1. The Morgan fingerprint density at radius 2 is 2.06 bits per heavy atom. The van der Waals surface area contributed by atoms with Crippen LogP contribution in [0.25, 0.3) is 0 Å². The molecule has 0 saturated heterocycles. The lowest BCUT2D eigenvalue weighted by atomic mass is 9.92. The van der Waals surface area contributed by atoms with Crippen LogP contribution in [-0.2, 0) is 14.3 Å². The molecule has 1 aromatic carbocycles. The maximum atomic E-state index is 12.0. The van der Waals surface area contributed by atoms with Gasteiger partial charge in [0.1, 0.15) is 5.41 Å². The molecule has 0 aliphatic carbocycles.